The highest BCUT2D eigenvalue weighted by atomic mass is 16.3. The Labute approximate surface area is 140 Å². The predicted molar refractivity (Wildman–Crippen MR) is 91.9 cm³/mol. The molecule has 3 heteroatoms. The lowest BCUT2D eigenvalue weighted by Crippen LogP contribution is -2.52. The molecule has 3 rings (SSSR count). The average Bonchev–Trinajstić information content (AvgIpc) is 2.80. The van der Waals surface area contributed by atoms with Crippen LogP contribution in [0.1, 0.15) is 65.2 Å². The molecule has 0 amide bonds. The molecule has 3 N–H and O–H groups in total. The van der Waals surface area contributed by atoms with Gasteiger partial charge in [0.25, 0.3) is 0 Å². The van der Waals surface area contributed by atoms with Crippen molar-refractivity contribution in [3.05, 3.63) is 12.2 Å². The van der Waals surface area contributed by atoms with Gasteiger partial charge in [-0.05, 0) is 80.0 Å². The summed E-state index contributed by atoms with van der Waals surface area (Å²) in [4.78, 5) is 0. The van der Waals surface area contributed by atoms with Crippen molar-refractivity contribution in [3.8, 4) is 0 Å². The molecular formula is C20H34O3. The molecule has 3 fully saturated rings. The fourth-order valence-electron chi connectivity index (χ4n) is 6.22. The van der Waals surface area contributed by atoms with E-state index in [1.807, 2.05) is 0 Å². The summed E-state index contributed by atoms with van der Waals surface area (Å²) in [7, 11) is 0. The van der Waals surface area contributed by atoms with Crippen LogP contribution in [-0.4, -0.2) is 34.1 Å². The van der Waals surface area contributed by atoms with Gasteiger partial charge in [-0.25, -0.2) is 0 Å². The van der Waals surface area contributed by atoms with Crippen molar-refractivity contribution in [2.75, 3.05) is 6.61 Å². The topological polar surface area (TPSA) is 60.7 Å². The Morgan fingerprint density at radius 2 is 1.83 bits per heavy atom. The van der Waals surface area contributed by atoms with E-state index in [2.05, 4.69) is 20.4 Å². The van der Waals surface area contributed by atoms with Gasteiger partial charge < -0.3 is 15.3 Å². The molecule has 3 aliphatic rings. The monoisotopic (exact) mass is 322 g/mol. The van der Waals surface area contributed by atoms with Crippen LogP contribution in [0.3, 0.4) is 0 Å². The van der Waals surface area contributed by atoms with Crippen LogP contribution in [0.2, 0.25) is 0 Å². The van der Waals surface area contributed by atoms with E-state index >= 15 is 0 Å². The summed E-state index contributed by atoms with van der Waals surface area (Å²) in [6, 6.07) is 0. The van der Waals surface area contributed by atoms with Crippen LogP contribution >= 0.6 is 0 Å². The lowest BCUT2D eigenvalue weighted by molar-refractivity contribution is -0.121. The normalized spacial score (nSPS) is 50.8. The van der Waals surface area contributed by atoms with E-state index < -0.39 is 0 Å². The molecule has 7 unspecified atom stereocenters. The summed E-state index contributed by atoms with van der Waals surface area (Å²) < 4.78 is 0. The number of aliphatic hydroxyl groups excluding tert-OH is 3. The maximum absolute atomic E-state index is 11.2. The maximum atomic E-state index is 11.2. The number of hydrogen-bond acceptors (Lipinski definition) is 3. The van der Waals surface area contributed by atoms with Crippen LogP contribution in [0.4, 0.5) is 0 Å². The van der Waals surface area contributed by atoms with Crippen LogP contribution in [0.15, 0.2) is 12.2 Å². The Balaban J connectivity index is 1.84. The van der Waals surface area contributed by atoms with Gasteiger partial charge in [0, 0.05) is 6.61 Å². The van der Waals surface area contributed by atoms with E-state index in [1.54, 1.807) is 0 Å². The van der Waals surface area contributed by atoms with Crippen LogP contribution in [0.5, 0.6) is 0 Å². The third-order valence-electron chi connectivity index (χ3n) is 8.01. The highest BCUT2D eigenvalue weighted by molar-refractivity contribution is 5.21. The van der Waals surface area contributed by atoms with E-state index in [1.165, 1.54) is 5.57 Å². The number of hydrogen-bond donors (Lipinski definition) is 3. The van der Waals surface area contributed by atoms with Gasteiger partial charge in [0.15, 0.2) is 0 Å². The fourth-order valence-corrected chi connectivity index (χ4v) is 6.22. The summed E-state index contributed by atoms with van der Waals surface area (Å²) in [5.41, 5.74) is 1.48. The minimum Gasteiger partial charge on any atom is -0.396 e. The van der Waals surface area contributed by atoms with Crippen molar-refractivity contribution >= 4 is 0 Å². The van der Waals surface area contributed by atoms with Crippen molar-refractivity contribution < 1.29 is 15.3 Å². The van der Waals surface area contributed by atoms with Crippen molar-refractivity contribution in [2.45, 2.75) is 77.4 Å². The fraction of sp³-hybridized carbons (Fsp3) is 0.900. The molecule has 7 atom stereocenters. The molecule has 0 heterocycles. The van der Waals surface area contributed by atoms with Gasteiger partial charge in [0.2, 0.25) is 0 Å². The largest absolute Gasteiger partial charge is 0.396 e. The summed E-state index contributed by atoms with van der Waals surface area (Å²) in [6.07, 6.45) is 7.09. The maximum Gasteiger partial charge on any atom is 0.0610 e. The second-order valence-electron chi connectivity index (χ2n) is 8.95. The first-order chi connectivity index (χ1) is 10.8. The van der Waals surface area contributed by atoms with Crippen LogP contribution in [0.25, 0.3) is 0 Å². The molecule has 3 saturated carbocycles. The first kappa shape index (κ1) is 17.4. The van der Waals surface area contributed by atoms with Gasteiger partial charge in [-0.2, -0.15) is 0 Å². The van der Waals surface area contributed by atoms with Gasteiger partial charge in [0.05, 0.1) is 12.2 Å². The van der Waals surface area contributed by atoms with Crippen molar-refractivity contribution in [1.82, 2.24) is 0 Å². The quantitative estimate of drug-likeness (QED) is 0.699. The van der Waals surface area contributed by atoms with Crippen LogP contribution < -0.4 is 0 Å². The van der Waals surface area contributed by atoms with E-state index in [0.29, 0.717) is 11.8 Å². The number of fused-ring (bicyclic) bond motifs is 1. The minimum atomic E-state index is -0.269. The lowest BCUT2D eigenvalue weighted by atomic mass is 9.51. The second kappa shape index (κ2) is 6.16. The average molecular weight is 322 g/mol. The zero-order valence-corrected chi connectivity index (χ0v) is 14.8. The van der Waals surface area contributed by atoms with E-state index in [9.17, 15) is 15.3 Å². The van der Waals surface area contributed by atoms with Crippen LogP contribution in [-0.2, 0) is 0 Å². The van der Waals surface area contributed by atoms with E-state index in [4.69, 9.17) is 0 Å². The Hall–Kier alpha value is -0.380. The molecular weight excluding hydrogens is 288 g/mol. The third-order valence-corrected chi connectivity index (χ3v) is 8.01. The molecule has 0 aromatic carbocycles. The lowest BCUT2D eigenvalue weighted by Gasteiger charge is -2.55. The number of rotatable bonds is 3. The van der Waals surface area contributed by atoms with Crippen molar-refractivity contribution in [2.24, 2.45) is 28.6 Å². The summed E-state index contributed by atoms with van der Waals surface area (Å²) in [5.74, 6) is 0.938. The van der Waals surface area contributed by atoms with Crippen molar-refractivity contribution in [1.29, 1.82) is 0 Å². The molecule has 0 spiro atoms. The third kappa shape index (κ3) is 2.69. The first-order valence-corrected chi connectivity index (χ1v) is 9.48. The first-order valence-electron chi connectivity index (χ1n) is 9.48. The number of allylic oxidation sites excluding steroid dienone is 1. The van der Waals surface area contributed by atoms with Gasteiger partial charge in [-0.3, -0.25) is 0 Å². The zero-order chi connectivity index (χ0) is 16.8. The molecule has 0 saturated heterocycles. The highest BCUT2D eigenvalue weighted by Crippen LogP contribution is 2.61. The van der Waals surface area contributed by atoms with E-state index in [0.717, 1.165) is 51.4 Å². The van der Waals surface area contributed by atoms with Gasteiger partial charge in [-0.15, -0.1) is 0 Å². The Bertz CT molecular complexity index is 462. The molecule has 0 aromatic heterocycles. The Morgan fingerprint density at radius 3 is 2.52 bits per heavy atom. The zero-order valence-electron chi connectivity index (χ0n) is 14.8. The van der Waals surface area contributed by atoms with Crippen molar-refractivity contribution in [3.63, 3.8) is 0 Å². The Kier molecular flexibility index (Phi) is 4.67. The smallest absolute Gasteiger partial charge is 0.0610 e. The molecule has 0 bridgehead atoms. The summed E-state index contributed by atoms with van der Waals surface area (Å²) in [5, 5.41) is 30.8. The summed E-state index contributed by atoms with van der Waals surface area (Å²) in [6.45, 7) is 9.05. The molecule has 0 aliphatic heterocycles. The minimum absolute atomic E-state index is 0.0344. The molecule has 3 nitrogen and oxygen atoms in total. The standard InChI is InChI=1S/C20H34O3/c1-13-4-5-16-18(23)17(7-10-19(13,16)2)20(3)9-6-15(22)12-14(20)8-11-21/h14-18,21-23H,1,4-12H2,2-3H3. The van der Waals surface area contributed by atoms with Gasteiger partial charge >= 0.3 is 0 Å². The number of aliphatic hydroxyl groups is 3. The molecule has 0 aromatic rings. The van der Waals surface area contributed by atoms with E-state index in [-0.39, 0.29) is 35.6 Å². The molecule has 0 radical (unpaired) electrons. The van der Waals surface area contributed by atoms with Gasteiger partial charge in [0.1, 0.15) is 0 Å². The van der Waals surface area contributed by atoms with Crippen LogP contribution in [0, 0.1) is 28.6 Å². The molecule has 23 heavy (non-hydrogen) atoms. The second-order valence-corrected chi connectivity index (χ2v) is 8.95. The molecule has 132 valence electrons. The highest BCUT2D eigenvalue weighted by Gasteiger charge is 2.56. The van der Waals surface area contributed by atoms with Gasteiger partial charge in [-0.1, -0.05) is 26.0 Å². The Morgan fingerprint density at radius 1 is 1.09 bits per heavy atom. The SMILES string of the molecule is C=C1CCC2C(O)C(C3(C)CCC(O)CC3CCO)CCC12C. The summed E-state index contributed by atoms with van der Waals surface area (Å²) >= 11 is 0. The predicted octanol–water partition coefficient (Wildman–Crippen LogP) is 3.28. The molecule has 3 aliphatic carbocycles.